The Morgan fingerprint density at radius 3 is 2.60 bits per heavy atom. The number of likely N-dealkylation sites (tertiary alicyclic amines) is 1. The van der Waals surface area contributed by atoms with E-state index in [1.165, 1.54) is 7.11 Å². The zero-order valence-electron chi connectivity index (χ0n) is 15.7. The van der Waals surface area contributed by atoms with Gasteiger partial charge in [-0.3, -0.25) is 4.99 Å². The molecule has 0 unspecified atom stereocenters. The number of hydrogen-bond donors (Lipinski definition) is 2. The lowest BCUT2D eigenvalue weighted by molar-refractivity contribution is 0.0794. The molecule has 144 valence electrons. The first kappa shape index (κ1) is 20.2. The Balaban J connectivity index is 1.88. The number of thioether (sulfide) groups is 1. The number of carbonyl (C=O) groups is 1. The van der Waals surface area contributed by atoms with Crippen LogP contribution in [-0.4, -0.2) is 80.5 Å². The predicted octanol–water partition coefficient (Wildman–Crippen LogP) is 1.68. The normalized spacial score (nSPS) is 21.7. The Morgan fingerprint density at radius 1 is 1.36 bits per heavy atom. The molecule has 2 saturated heterocycles. The predicted molar refractivity (Wildman–Crippen MR) is 102 cm³/mol. The largest absolute Gasteiger partial charge is 0.453 e. The number of carbonyl (C=O) groups excluding carboxylic acids is 1. The topological polar surface area (TPSA) is 75.2 Å². The minimum atomic E-state index is -0.236. The van der Waals surface area contributed by atoms with E-state index < -0.39 is 0 Å². The summed E-state index contributed by atoms with van der Waals surface area (Å²) in [4.78, 5) is 18.2. The van der Waals surface area contributed by atoms with Gasteiger partial charge in [-0.05, 0) is 38.9 Å². The van der Waals surface area contributed by atoms with Gasteiger partial charge in [0.05, 0.1) is 13.7 Å². The number of piperidine rings is 1. The average Bonchev–Trinajstić information content (AvgIpc) is 2.67. The van der Waals surface area contributed by atoms with Crippen molar-refractivity contribution < 1.29 is 14.3 Å². The number of nitrogens with zero attached hydrogens (tertiary/aromatic N) is 2. The highest BCUT2D eigenvalue weighted by atomic mass is 32.2. The van der Waals surface area contributed by atoms with Gasteiger partial charge < -0.3 is 25.0 Å². The first-order valence-electron chi connectivity index (χ1n) is 9.13. The van der Waals surface area contributed by atoms with Gasteiger partial charge in [-0.2, -0.15) is 11.8 Å². The monoisotopic (exact) mass is 372 g/mol. The van der Waals surface area contributed by atoms with Crippen LogP contribution in [-0.2, 0) is 9.47 Å². The molecule has 0 aromatic heterocycles. The number of ether oxygens (including phenoxy) is 2. The number of aliphatic imine (C=N–C) groups is 1. The Kier molecular flexibility index (Phi) is 8.15. The second kappa shape index (κ2) is 10.1. The van der Waals surface area contributed by atoms with Gasteiger partial charge in [0.1, 0.15) is 0 Å². The van der Waals surface area contributed by atoms with Crippen molar-refractivity contribution in [2.45, 2.75) is 43.4 Å². The van der Waals surface area contributed by atoms with Crippen LogP contribution in [0.5, 0.6) is 0 Å². The maximum absolute atomic E-state index is 11.6. The SMILES string of the molecule is CCNC(=NCC1(SC)CCOCC1)NC1CCN(C(=O)OC)CC1. The van der Waals surface area contributed by atoms with E-state index in [0.717, 1.165) is 71.0 Å². The second-order valence-corrected chi connectivity index (χ2v) is 7.84. The highest BCUT2D eigenvalue weighted by Crippen LogP contribution is 2.34. The van der Waals surface area contributed by atoms with E-state index in [-0.39, 0.29) is 10.8 Å². The summed E-state index contributed by atoms with van der Waals surface area (Å²) in [5.41, 5.74) is 0. The molecule has 7 nitrogen and oxygen atoms in total. The molecule has 2 heterocycles. The zero-order valence-corrected chi connectivity index (χ0v) is 16.5. The van der Waals surface area contributed by atoms with Crippen LogP contribution in [0.1, 0.15) is 32.6 Å². The quantitative estimate of drug-likeness (QED) is 0.565. The molecule has 2 fully saturated rings. The van der Waals surface area contributed by atoms with Gasteiger partial charge in [-0.15, -0.1) is 0 Å². The van der Waals surface area contributed by atoms with Crippen LogP contribution in [0, 0.1) is 0 Å². The lowest BCUT2D eigenvalue weighted by Crippen LogP contribution is -2.50. The summed E-state index contributed by atoms with van der Waals surface area (Å²) in [5, 5.41) is 6.88. The number of amides is 1. The van der Waals surface area contributed by atoms with Gasteiger partial charge in [-0.1, -0.05) is 0 Å². The fourth-order valence-electron chi connectivity index (χ4n) is 3.24. The van der Waals surface area contributed by atoms with Crippen LogP contribution >= 0.6 is 11.8 Å². The molecule has 0 atom stereocenters. The van der Waals surface area contributed by atoms with Gasteiger partial charge in [0.15, 0.2) is 5.96 Å². The van der Waals surface area contributed by atoms with Crippen LogP contribution in [0.4, 0.5) is 4.79 Å². The molecule has 0 aliphatic carbocycles. The van der Waals surface area contributed by atoms with E-state index >= 15 is 0 Å². The van der Waals surface area contributed by atoms with E-state index in [0.29, 0.717) is 6.04 Å². The van der Waals surface area contributed by atoms with Crippen molar-refractivity contribution in [3.05, 3.63) is 0 Å². The summed E-state index contributed by atoms with van der Waals surface area (Å²) in [6.45, 7) is 6.80. The minimum absolute atomic E-state index is 0.189. The Bertz CT molecular complexity index is 447. The number of hydrogen-bond acceptors (Lipinski definition) is 5. The molecule has 0 bridgehead atoms. The molecule has 2 aliphatic rings. The minimum Gasteiger partial charge on any atom is -0.453 e. The molecule has 0 radical (unpaired) electrons. The van der Waals surface area contributed by atoms with Crippen LogP contribution in [0.3, 0.4) is 0 Å². The van der Waals surface area contributed by atoms with Crippen LogP contribution in [0.15, 0.2) is 4.99 Å². The highest BCUT2D eigenvalue weighted by Gasteiger charge is 2.32. The first-order valence-corrected chi connectivity index (χ1v) is 10.4. The van der Waals surface area contributed by atoms with Crippen molar-refractivity contribution in [2.75, 3.05) is 52.8 Å². The van der Waals surface area contributed by atoms with Gasteiger partial charge in [-0.25, -0.2) is 4.79 Å². The molecule has 2 N–H and O–H groups in total. The number of guanidine groups is 1. The van der Waals surface area contributed by atoms with E-state index in [9.17, 15) is 4.79 Å². The summed E-state index contributed by atoms with van der Waals surface area (Å²) in [6, 6.07) is 0.332. The maximum Gasteiger partial charge on any atom is 0.409 e. The molecule has 25 heavy (non-hydrogen) atoms. The van der Waals surface area contributed by atoms with Crippen molar-refractivity contribution in [2.24, 2.45) is 4.99 Å². The molecular formula is C17H32N4O3S. The molecule has 0 aromatic carbocycles. The van der Waals surface area contributed by atoms with Crippen LogP contribution in [0.2, 0.25) is 0 Å². The van der Waals surface area contributed by atoms with Crippen molar-refractivity contribution in [1.82, 2.24) is 15.5 Å². The van der Waals surface area contributed by atoms with Crippen molar-refractivity contribution in [1.29, 1.82) is 0 Å². The van der Waals surface area contributed by atoms with E-state index in [4.69, 9.17) is 14.5 Å². The van der Waals surface area contributed by atoms with Crippen LogP contribution < -0.4 is 10.6 Å². The van der Waals surface area contributed by atoms with Gasteiger partial charge >= 0.3 is 6.09 Å². The highest BCUT2D eigenvalue weighted by molar-refractivity contribution is 8.00. The fourth-order valence-corrected chi connectivity index (χ4v) is 4.01. The molecule has 0 aromatic rings. The van der Waals surface area contributed by atoms with Gasteiger partial charge in [0.25, 0.3) is 0 Å². The standard InChI is InChI=1S/C17H32N4O3S/c1-4-18-15(19-13-17(25-3)7-11-24-12-8-17)20-14-5-9-21(10-6-14)16(22)23-2/h14H,4-13H2,1-3H3,(H2,18,19,20). The summed E-state index contributed by atoms with van der Waals surface area (Å²) in [6.07, 6.45) is 5.84. The summed E-state index contributed by atoms with van der Waals surface area (Å²) in [7, 11) is 1.43. The lowest BCUT2D eigenvalue weighted by Gasteiger charge is -2.35. The summed E-state index contributed by atoms with van der Waals surface area (Å²) >= 11 is 1.90. The first-order chi connectivity index (χ1) is 12.1. The second-order valence-electron chi connectivity index (χ2n) is 6.57. The molecule has 2 rings (SSSR count). The number of rotatable bonds is 5. The summed E-state index contributed by atoms with van der Waals surface area (Å²) in [5.74, 6) is 0.874. The third-order valence-electron chi connectivity index (χ3n) is 4.98. The third kappa shape index (κ3) is 5.95. The lowest BCUT2D eigenvalue weighted by atomic mass is 9.99. The molecule has 0 spiro atoms. The molecule has 2 aliphatic heterocycles. The van der Waals surface area contributed by atoms with Crippen molar-refractivity contribution in [3.8, 4) is 0 Å². The Labute approximate surface area is 155 Å². The van der Waals surface area contributed by atoms with E-state index in [2.05, 4.69) is 23.8 Å². The Morgan fingerprint density at radius 2 is 2.04 bits per heavy atom. The number of nitrogens with one attached hydrogen (secondary N) is 2. The molecule has 0 saturated carbocycles. The van der Waals surface area contributed by atoms with Gasteiger partial charge in [0, 0.05) is 43.6 Å². The van der Waals surface area contributed by atoms with Gasteiger partial charge in [0.2, 0.25) is 0 Å². The molecular weight excluding hydrogens is 340 g/mol. The fraction of sp³-hybridized carbons (Fsp3) is 0.882. The Hall–Kier alpha value is -1.15. The molecule has 1 amide bonds. The van der Waals surface area contributed by atoms with E-state index in [1.807, 2.05) is 11.8 Å². The van der Waals surface area contributed by atoms with E-state index in [1.54, 1.807) is 4.90 Å². The molecule has 8 heteroatoms. The summed E-state index contributed by atoms with van der Waals surface area (Å²) < 4.78 is 10.5. The zero-order chi connectivity index (χ0) is 18.1. The third-order valence-corrected chi connectivity index (χ3v) is 6.38. The number of methoxy groups -OCH3 is 1. The smallest absolute Gasteiger partial charge is 0.409 e. The van der Waals surface area contributed by atoms with Crippen LogP contribution in [0.25, 0.3) is 0 Å². The van der Waals surface area contributed by atoms with Crippen molar-refractivity contribution >= 4 is 23.8 Å². The maximum atomic E-state index is 11.6. The van der Waals surface area contributed by atoms with Crippen molar-refractivity contribution in [3.63, 3.8) is 0 Å². The average molecular weight is 373 g/mol.